The molecule has 0 radical (unpaired) electrons. The zero-order chi connectivity index (χ0) is 15.2. The molecular weight excluding hydrogens is 258 g/mol. The lowest BCUT2D eigenvalue weighted by molar-refractivity contribution is 0.264. The van der Waals surface area contributed by atoms with Crippen LogP contribution in [-0.4, -0.2) is 24.2 Å². The third-order valence-corrected chi connectivity index (χ3v) is 4.18. The van der Waals surface area contributed by atoms with Crippen molar-refractivity contribution in [2.45, 2.75) is 77.3 Å². The van der Waals surface area contributed by atoms with Crippen molar-refractivity contribution in [1.82, 2.24) is 10.2 Å². The summed E-state index contributed by atoms with van der Waals surface area (Å²) in [5, 5.41) is 3.41. The summed E-state index contributed by atoms with van der Waals surface area (Å²) in [7, 11) is 0. The van der Waals surface area contributed by atoms with Crippen LogP contribution in [-0.2, 0) is 0 Å². The van der Waals surface area contributed by atoms with Crippen LogP contribution in [0.1, 0.15) is 71.1 Å². The highest BCUT2D eigenvalue weighted by Gasteiger charge is 2.16. The summed E-state index contributed by atoms with van der Waals surface area (Å²) in [6.45, 7) is 3.80. The molecule has 1 aliphatic heterocycles. The minimum atomic E-state index is 0.486. The van der Waals surface area contributed by atoms with Crippen molar-refractivity contribution in [3.05, 3.63) is 24.6 Å². The third kappa shape index (κ3) is 8.82. The number of rotatable bonds is 13. The average Bonchev–Trinajstić information content (AvgIpc) is 2.92. The van der Waals surface area contributed by atoms with Crippen LogP contribution in [0.4, 0.5) is 0 Å². The molecule has 0 saturated carbocycles. The van der Waals surface area contributed by atoms with Crippen LogP contribution >= 0.6 is 0 Å². The smallest absolute Gasteiger partial charge is 0.0981 e. The van der Waals surface area contributed by atoms with Crippen molar-refractivity contribution in [3.63, 3.8) is 0 Å². The van der Waals surface area contributed by atoms with E-state index in [4.69, 9.17) is 5.73 Å². The maximum absolute atomic E-state index is 5.62. The van der Waals surface area contributed by atoms with Gasteiger partial charge in [-0.05, 0) is 32.6 Å². The summed E-state index contributed by atoms with van der Waals surface area (Å²) in [6, 6.07) is 0. The zero-order valence-electron chi connectivity index (χ0n) is 13.9. The van der Waals surface area contributed by atoms with Crippen molar-refractivity contribution in [2.75, 3.05) is 13.1 Å². The first-order chi connectivity index (χ1) is 10.4. The second-order valence-electron chi connectivity index (χ2n) is 6.00. The number of unbranched alkanes of at least 4 members (excludes halogenated alkanes) is 8. The molecule has 1 heterocycles. The summed E-state index contributed by atoms with van der Waals surface area (Å²) in [5.74, 6) is 0. The number of hydrogen-bond donors (Lipinski definition) is 2. The van der Waals surface area contributed by atoms with Crippen LogP contribution in [0.25, 0.3) is 0 Å². The molecule has 0 fully saturated rings. The molecule has 21 heavy (non-hydrogen) atoms. The molecule has 1 rings (SSSR count). The summed E-state index contributed by atoms with van der Waals surface area (Å²) in [5.41, 5.74) is 5.62. The van der Waals surface area contributed by atoms with Crippen LogP contribution in [0.3, 0.4) is 0 Å². The van der Waals surface area contributed by atoms with Crippen LogP contribution in [0.15, 0.2) is 24.6 Å². The van der Waals surface area contributed by atoms with Gasteiger partial charge in [-0.1, -0.05) is 50.7 Å². The van der Waals surface area contributed by atoms with Gasteiger partial charge in [-0.15, -0.1) is 0 Å². The summed E-state index contributed by atoms with van der Waals surface area (Å²) in [6.07, 6.45) is 22.7. The third-order valence-electron chi connectivity index (χ3n) is 4.18. The van der Waals surface area contributed by atoms with E-state index in [-0.39, 0.29) is 0 Å². The predicted octanol–water partition coefficient (Wildman–Crippen LogP) is 4.12. The average molecular weight is 293 g/mol. The van der Waals surface area contributed by atoms with Crippen LogP contribution in [0.2, 0.25) is 0 Å². The molecule has 3 N–H and O–H groups in total. The first kappa shape index (κ1) is 18.1. The van der Waals surface area contributed by atoms with Gasteiger partial charge in [0.2, 0.25) is 0 Å². The largest absolute Gasteiger partial charge is 0.370 e. The Morgan fingerprint density at radius 2 is 1.71 bits per heavy atom. The molecule has 3 heteroatoms. The summed E-state index contributed by atoms with van der Waals surface area (Å²) >= 11 is 0. The van der Waals surface area contributed by atoms with Crippen molar-refractivity contribution < 1.29 is 0 Å². The molecule has 122 valence electrons. The highest BCUT2D eigenvalue weighted by atomic mass is 15.3. The fourth-order valence-corrected chi connectivity index (χ4v) is 2.91. The van der Waals surface area contributed by atoms with Gasteiger partial charge in [0.15, 0.2) is 0 Å². The number of allylic oxidation sites excluding steroid dienone is 2. The molecule has 1 aliphatic rings. The summed E-state index contributed by atoms with van der Waals surface area (Å²) in [4.78, 5) is 2.32. The van der Waals surface area contributed by atoms with E-state index in [1.165, 1.54) is 64.2 Å². The number of nitrogens with one attached hydrogen (secondary N) is 1. The van der Waals surface area contributed by atoms with Crippen molar-refractivity contribution in [1.29, 1.82) is 0 Å². The quantitative estimate of drug-likeness (QED) is 0.396. The maximum atomic E-state index is 5.62. The van der Waals surface area contributed by atoms with Gasteiger partial charge in [0.25, 0.3) is 0 Å². The van der Waals surface area contributed by atoms with E-state index in [0.717, 1.165) is 13.1 Å². The van der Waals surface area contributed by atoms with Crippen molar-refractivity contribution >= 4 is 0 Å². The lowest BCUT2D eigenvalue weighted by Crippen LogP contribution is -2.37. The molecular formula is C18H35N3. The van der Waals surface area contributed by atoms with Gasteiger partial charge in [0.1, 0.15) is 0 Å². The van der Waals surface area contributed by atoms with Crippen molar-refractivity contribution in [2.24, 2.45) is 5.73 Å². The normalized spacial score (nSPS) is 17.8. The van der Waals surface area contributed by atoms with Gasteiger partial charge in [-0.2, -0.15) is 0 Å². The minimum Gasteiger partial charge on any atom is -0.370 e. The fraction of sp³-hybridized carbons (Fsp3) is 0.778. The number of nitrogens with zero attached hydrogens (tertiary/aromatic N) is 1. The lowest BCUT2D eigenvalue weighted by atomic mass is 10.1. The second kappa shape index (κ2) is 12.8. The molecule has 0 aromatic carbocycles. The minimum absolute atomic E-state index is 0.486. The Hall–Kier alpha value is -0.960. The van der Waals surface area contributed by atoms with E-state index >= 15 is 0 Å². The Balaban J connectivity index is 1.84. The number of nitrogens with two attached hydrogens (primary N) is 1. The molecule has 0 aromatic rings. The van der Waals surface area contributed by atoms with Gasteiger partial charge in [0, 0.05) is 25.5 Å². The Kier molecular flexibility index (Phi) is 11.0. The van der Waals surface area contributed by atoms with Gasteiger partial charge in [-0.25, -0.2) is 0 Å². The summed E-state index contributed by atoms with van der Waals surface area (Å²) < 4.78 is 0. The first-order valence-corrected chi connectivity index (χ1v) is 8.88. The van der Waals surface area contributed by atoms with Crippen LogP contribution in [0.5, 0.6) is 0 Å². The molecule has 0 amide bonds. The first-order valence-electron chi connectivity index (χ1n) is 8.88. The van der Waals surface area contributed by atoms with Crippen LogP contribution in [0, 0.1) is 0 Å². The monoisotopic (exact) mass is 293 g/mol. The maximum Gasteiger partial charge on any atom is 0.0981 e. The Morgan fingerprint density at radius 1 is 1.05 bits per heavy atom. The van der Waals surface area contributed by atoms with E-state index in [1.807, 2.05) is 6.20 Å². The van der Waals surface area contributed by atoms with E-state index in [9.17, 15) is 0 Å². The highest BCUT2D eigenvalue weighted by molar-refractivity contribution is 4.94. The molecule has 3 nitrogen and oxygen atoms in total. The molecule has 0 spiro atoms. The molecule has 1 atom stereocenters. The molecule has 0 aliphatic carbocycles. The van der Waals surface area contributed by atoms with Gasteiger partial charge in [0.05, 0.1) is 6.17 Å². The molecule has 0 saturated heterocycles. The standard InChI is InChI=1S/C18H35N3/c1-2-3-4-5-6-7-8-9-10-11-12-13-18-20-15-17-21(18)16-14-19/h2-3,15,17-18,20H,4-14,16,19H2,1H3/b3-2+. The lowest BCUT2D eigenvalue weighted by Gasteiger charge is -2.25. The SMILES string of the molecule is C/C=C/CCCCCCCCCCC1NC=CN1CCN. The van der Waals surface area contributed by atoms with E-state index < -0.39 is 0 Å². The Morgan fingerprint density at radius 3 is 2.38 bits per heavy atom. The molecule has 1 unspecified atom stereocenters. The topological polar surface area (TPSA) is 41.3 Å². The number of hydrogen-bond acceptors (Lipinski definition) is 3. The van der Waals surface area contributed by atoms with Gasteiger partial charge >= 0.3 is 0 Å². The van der Waals surface area contributed by atoms with Crippen molar-refractivity contribution in [3.8, 4) is 0 Å². The van der Waals surface area contributed by atoms with E-state index in [2.05, 4.69) is 35.5 Å². The molecule has 0 bridgehead atoms. The van der Waals surface area contributed by atoms with E-state index in [0.29, 0.717) is 6.17 Å². The molecule has 0 aromatic heterocycles. The van der Waals surface area contributed by atoms with E-state index in [1.54, 1.807) is 0 Å². The zero-order valence-corrected chi connectivity index (χ0v) is 13.9. The highest BCUT2D eigenvalue weighted by Crippen LogP contribution is 2.14. The van der Waals surface area contributed by atoms with Crippen LogP contribution < -0.4 is 11.1 Å². The van der Waals surface area contributed by atoms with Gasteiger partial charge in [-0.3, -0.25) is 0 Å². The fourth-order valence-electron chi connectivity index (χ4n) is 2.91. The van der Waals surface area contributed by atoms with Gasteiger partial charge < -0.3 is 16.0 Å². The Labute approximate surface area is 131 Å². The Bertz CT molecular complexity index is 286. The second-order valence-corrected chi connectivity index (χ2v) is 6.00. The predicted molar refractivity (Wildman–Crippen MR) is 92.8 cm³/mol.